The van der Waals surface area contributed by atoms with Crippen LogP contribution in [0, 0.1) is 0 Å². The van der Waals surface area contributed by atoms with Crippen molar-refractivity contribution in [3.8, 4) is 11.5 Å². The number of hydrogen-bond donors (Lipinski definition) is 2. The zero-order valence-corrected chi connectivity index (χ0v) is 12.0. The topological polar surface area (TPSA) is 88.1 Å². The summed E-state index contributed by atoms with van der Waals surface area (Å²) in [6.07, 6.45) is 0. The summed E-state index contributed by atoms with van der Waals surface area (Å²) in [5.41, 5.74) is 0.295. The highest BCUT2D eigenvalue weighted by Crippen LogP contribution is 2.27. The van der Waals surface area contributed by atoms with Crippen molar-refractivity contribution < 1.29 is 24.2 Å². The fourth-order valence-corrected chi connectivity index (χ4v) is 2.22. The standard InChI is InChI=1S/C14H18N2O5/c1-15-13(18)10-8-21-6-5-16(10)14(19)9-3-4-12(20-2)11(17)7-9/h3-4,7,10,17H,5-6,8H2,1-2H3,(H,15,18). The van der Waals surface area contributed by atoms with Crippen LogP contribution < -0.4 is 10.1 Å². The fraction of sp³-hybridized carbons (Fsp3) is 0.429. The predicted octanol–water partition coefficient (Wildman–Crippen LogP) is -0.0122. The Kier molecular flexibility index (Phi) is 4.64. The van der Waals surface area contributed by atoms with Crippen LogP contribution in [0.25, 0.3) is 0 Å². The highest BCUT2D eigenvalue weighted by atomic mass is 16.5. The van der Waals surface area contributed by atoms with Crippen LogP contribution in [0.1, 0.15) is 10.4 Å². The van der Waals surface area contributed by atoms with Gasteiger partial charge in [-0.15, -0.1) is 0 Å². The zero-order valence-electron chi connectivity index (χ0n) is 12.0. The molecule has 0 bridgehead atoms. The van der Waals surface area contributed by atoms with E-state index in [0.29, 0.717) is 18.7 Å². The molecule has 7 nitrogen and oxygen atoms in total. The number of phenolic OH excluding ortho intramolecular Hbond substituents is 1. The second kappa shape index (κ2) is 6.45. The van der Waals surface area contributed by atoms with Gasteiger partial charge < -0.3 is 24.8 Å². The van der Waals surface area contributed by atoms with Gasteiger partial charge in [0.05, 0.1) is 20.3 Å². The molecular weight excluding hydrogens is 276 g/mol. The van der Waals surface area contributed by atoms with E-state index in [1.807, 2.05) is 0 Å². The minimum absolute atomic E-state index is 0.117. The number of benzene rings is 1. The number of rotatable bonds is 3. The summed E-state index contributed by atoms with van der Waals surface area (Å²) in [6, 6.07) is 3.73. The van der Waals surface area contributed by atoms with Crippen molar-refractivity contribution in [3.63, 3.8) is 0 Å². The monoisotopic (exact) mass is 294 g/mol. The minimum atomic E-state index is -0.666. The molecule has 1 aromatic carbocycles. The van der Waals surface area contributed by atoms with Gasteiger partial charge in [0, 0.05) is 19.2 Å². The van der Waals surface area contributed by atoms with Gasteiger partial charge in [-0.25, -0.2) is 0 Å². The summed E-state index contributed by atoms with van der Waals surface area (Å²) >= 11 is 0. The van der Waals surface area contributed by atoms with E-state index in [2.05, 4.69) is 5.32 Å². The van der Waals surface area contributed by atoms with E-state index in [0.717, 1.165) is 0 Å². The highest BCUT2D eigenvalue weighted by molar-refractivity contribution is 5.98. The molecule has 1 fully saturated rings. The Balaban J connectivity index is 2.24. The van der Waals surface area contributed by atoms with Crippen molar-refractivity contribution in [3.05, 3.63) is 23.8 Å². The van der Waals surface area contributed by atoms with Gasteiger partial charge in [-0.3, -0.25) is 9.59 Å². The highest BCUT2D eigenvalue weighted by Gasteiger charge is 2.33. The summed E-state index contributed by atoms with van der Waals surface area (Å²) < 4.78 is 10.2. The second-order valence-electron chi connectivity index (χ2n) is 4.59. The van der Waals surface area contributed by atoms with E-state index < -0.39 is 6.04 Å². The van der Waals surface area contributed by atoms with E-state index >= 15 is 0 Å². The van der Waals surface area contributed by atoms with Gasteiger partial charge in [0.15, 0.2) is 11.5 Å². The van der Waals surface area contributed by atoms with Crippen molar-refractivity contribution in [2.24, 2.45) is 0 Å². The molecule has 114 valence electrons. The smallest absolute Gasteiger partial charge is 0.254 e. The van der Waals surface area contributed by atoms with Gasteiger partial charge in [0.2, 0.25) is 5.91 Å². The van der Waals surface area contributed by atoms with Crippen LogP contribution >= 0.6 is 0 Å². The number of ether oxygens (including phenoxy) is 2. The number of aromatic hydroxyl groups is 1. The SMILES string of the molecule is CNC(=O)C1COCCN1C(=O)c1ccc(OC)c(O)c1. The number of phenols is 1. The van der Waals surface area contributed by atoms with Gasteiger partial charge in [-0.2, -0.15) is 0 Å². The number of nitrogens with zero attached hydrogens (tertiary/aromatic N) is 1. The summed E-state index contributed by atoms with van der Waals surface area (Å²) in [5.74, 6) is -0.435. The van der Waals surface area contributed by atoms with Crippen LogP contribution in [0.3, 0.4) is 0 Å². The molecule has 1 saturated heterocycles. The number of nitrogens with one attached hydrogen (secondary N) is 1. The molecule has 7 heteroatoms. The van der Waals surface area contributed by atoms with Crippen LogP contribution in [0.15, 0.2) is 18.2 Å². The third-order valence-corrected chi connectivity index (χ3v) is 3.36. The van der Waals surface area contributed by atoms with E-state index in [9.17, 15) is 14.7 Å². The molecule has 2 rings (SSSR count). The molecule has 1 aromatic rings. The first-order valence-corrected chi connectivity index (χ1v) is 6.55. The Hall–Kier alpha value is -2.28. The van der Waals surface area contributed by atoms with Crippen molar-refractivity contribution >= 4 is 11.8 Å². The first kappa shape index (κ1) is 15.1. The molecule has 0 aliphatic carbocycles. The van der Waals surface area contributed by atoms with Gasteiger partial charge in [0.1, 0.15) is 6.04 Å². The van der Waals surface area contributed by atoms with E-state index in [4.69, 9.17) is 9.47 Å². The quantitative estimate of drug-likeness (QED) is 0.818. The van der Waals surface area contributed by atoms with Crippen LogP contribution in [0.4, 0.5) is 0 Å². The molecular formula is C14H18N2O5. The Morgan fingerprint density at radius 2 is 2.24 bits per heavy atom. The maximum atomic E-state index is 12.5. The second-order valence-corrected chi connectivity index (χ2v) is 4.59. The van der Waals surface area contributed by atoms with Crippen molar-refractivity contribution in [2.45, 2.75) is 6.04 Å². The number of likely N-dealkylation sites (N-methyl/N-ethyl adjacent to an activating group) is 1. The Morgan fingerprint density at radius 3 is 2.86 bits per heavy atom. The van der Waals surface area contributed by atoms with Crippen LogP contribution in [0.2, 0.25) is 0 Å². The third-order valence-electron chi connectivity index (χ3n) is 3.36. The molecule has 0 aromatic heterocycles. The summed E-state index contributed by atoms with van der Waals surface area (Å²) in [6.45, 7) is 0.860. The number of amides is 2. The molecule has 2 amide bonds. The molecule has 1 aliphatic heterocycles. The lowest BCUT2D eigenvalue weighted by Gasteiger charge is -2.34. The lowest BCUT2D eigenvalue weighted by Crippen LogP contribution is -2.55. The summed E-state index contributed by atoms with van der Waals surface area (Å²) in [5, 5.41) is 12.3. The third kappa shape index (κ3) is 3.08. The first-order valence-electron chi connectivity index (χ1n) is 6.55. The zero-order chi connectivity index (χ0) is 15.4. The predicted molar refractivity (Wildman–Crippen MR) is 74.4 cm³/mol. The molecule has 0 spiro atoms. The largest absolute Gasteiger partial charge is 0.504 e. The van der Waals surface area contributed by atoms with Gasteiger partial charge >= 0.3 is 0 Å². The van der Waals surface area contributed by atoms with E-state index in [-0.39, 0.29) is 29.9 Å². The van der Waals surface area contributed by atoms with Crippen LogP contribution in [-0.2, 0) is 9.53 Å². The molecule has 0 radical (unpaired) electrons. The van der Waals surface area contributed by atoms with E-state index in [1.165, 1.54) is 31.2 Å². The molecule has 1 unspecified atom stereocenters. The van der Waals surface area contributed by atoms with Crippen molar-refractivity contribution in [1.82, 2.24) is 10.2 Å². The van der Waals surface area contributed by atoms with Gasteiger partial charge in [-0.05, 0) is 18.2 Å². The maximum Gasteiger partial charge on any atom is 0.254 e. The molecule has 21 heavy (non-hydrogen) atoms. The van der Waals surface area contributed by atoms with Crippen LogP contribution in [-0.4, -0.2) is 61.8 Å². The molecule has 2 N–H and O–H groups in total. The van der Waals surface area contributed by atoms with Gasteiger partial charge in [-0.1, -0.05) is 0 Å². The Morgan fingerprint density at radius 1 is 1.48 bits per heavy atom. The summed E-state index contributed by atoms with van der Waals surface area (Å²) in [7, 11) is 2.94. The average molecular weight is 294 g/mol. The minimum Gasteiger partial charge on any atom is -0.504 e. The molecule has 1 atom stereocenters. The number of methoxy groups -OCH3 is 1. The number of carbonyl (C=O) groups excluding carboxylic acids is 2. The van der Waals surface area contributed by atoms with Gasteiger partial charge in [0.25, 0.3) is 5.91 Å². The summed E-state index contributed by atoms with van der Waals surface area (Å²) in [4.78, 5) is 25.8. The Labute approximate surface area is 122 Å². The maximum absolute atomic E-state index is 12.5. The van der Waals surface area contributed by atoms with Crippen LogP contribution in [0.5, 0.6) is 11.5 Å². The average Bonchev–Trinajstić information content (AvgIpc) is 2.53. The van der Waals surface area contributed by atoms with E-state index in [1.54, 1.807) is 6.07 Å². The number of hydrogen-bond acceptors (Lipinski definition) is 5. The lowest BCUT2D eigenvalue weighted by atomic mass is 10.1. The lowest BCUT2D eigenvalue weighted by molar-refractivity contribution is -0.130. The van der Waals surface area contributed by atoms with Crippen molar-refractivity contribution in [2.75, 3.05) is 33.9 Å². The molecule has 0 saturated carbocycles. The number of carbonyl (C=O) groups is 2. The first-order chi connectivity index (χ1) is 10.1. The van der Waals surface area contributed by atoms with Crippen molar-refractivity contribution in [1.29, 1.82) is 0 Å². The molecule has 1 aliphatic rings. The number of morpholine rings is 1. The molecule has 1 heterocycles. The Bertz CT molecular complexity index is 546. The normalized spacial score (nSPS) is 18.2. The fourth-order valence-electron chi connectivity index (χ4n) is 2.22.